The molecule has 2 heterocycles. The topological polar surface area (TPSA) is 66.8 Å². The van der Waals surface area contributed by atoms with Gasteiger partial charge in [0.25, 0.3) is 0 Å². The number of aliphatic carboxylic acids is 1. The molecule has 1 amide bonds. The highest BCUT2D eigenvalue weighted by Crippen LogP contribution is 2.67. The molecule has 3 atom stereocenters. The molecule has 0 spiro atoms. The van der Waals surface area contributed by atoms with Gasteiger partial charge in [0.05, 0.1) is 9.84 Å². The highest BCUT2D eigenvalue weighted by molar-refractivity contribution is 8.22. The van der Waals surface area contributed by atoms with Gasteiger partial charge >= 0.3 is 5.97 Å². The van der Waals surface area contributed by atoms with Crippen molar-refractivity contribution >= 4 is 44.4 Å². The van der Waals surface area contributed by atoms with Crippen molar-refractivity contribution in [1.29, 1.82) is 0 Å². The summed E-state index contributed by atoms with van der Waals surface area (Å²) in [6.45, 7) is 16.5. The predicted octanol–water partition coefficient (Wildman–Crippen LogP) is 4.28. The minimum Gasteiger partial charge on any atom is -0.477 e. The summed E-state index contributed by atoms with van der Waals surface area (Å²) in [5, 5.41) is 9.76. The fourth-order valence-electron chi connectivity index (χ4n) is 4.53. The maximum Gasteiger partial charge on any atom is 0.354 e. The molecule has 1 saturated heterocycles. The normalized spacial score (nSPS) is 27.5. The molecular weight excluding hydrogens is 398 g/mol. The lowest BCUT2D eigenvalue weighted by Crippen LogP contribution is -2.76. The van der Waals surface area contributed by atoms with Gasteiger partial charge in [-0.2, -0.15) is 0 Å². The van der Waals surface area contributed by atoms with E-state index in [1.54, 1.807) is 6.08 Å². The summed E-state index contributed by atoms with van der Waals surface area (Å²) in [7, 11) is -1.46. The fraction of sp³-hybridized carbons (Fsp3) is 0.684. The molecule has 8 heteroatoms. The van der Waals surface area contributed by atoms with E-state index in [1.807, 2.05) is 6.26 Å². The Morgan fingerprint density at radius 3 is 2.44 bits per heavy atom. The van der Waals surface area contributed by atoms with E-state index in [0.29, 0.717) is 17.1 Å². The minimum atomic E-state index is -1.46. The van der Waals surface area contributed by atoms with Gasteiger partial charge < -0.3 is 9.53 Å². The van der Waals surface area contributed by atoms with Crippen LogP contribution in [0.3, 0.4) is 0 Å². The zero-order valence-electron chi connectivity index (χ0n) is 17.3. The van der Waals surface area contributed by atoms with Crippen molar-refractivity contribution in [2.75, 3.05) is 6.26 Å². The van der Waals surface area contributed by atoms with Gasteiger partial charge in [-0.15, -0.1) is 18.3 Å². The molecule has 1 fully saturated rings. The van der Waals surface area contributed by atoms with E-state index in [2.05, 4.69) is 47.4 Å². The molecule has 2 aliphatic heterocycles. The van der Waals surface area contributed by atoms with Crippen LogP contribution in [-0.4, -0.2) is 47.7 Å². The first-order valence-corrected chi connectivity index (χ1v) is 14.1. The second-order valence-electron chi connectivity index (χ2n) is 8.35. The molecule has 27 heavy (non-hydrogen) atoms. The third-order valence-electron chi connectivity index (χ3n) is 5.52. The number of amides is 1. The van der Waals surface area contributed by atoms with Crippen molar-refractivity contribution < 1.29 is 19.1 Å². The SMILES string of the molecule is C=CC[C@]12SC(SC)=C(C(=O)O)N1C(=O)[C@H]2[C@@](CC)(O[SiH](C)C)C(C)(C)C. The number of hydrogen-bond acceptors (Lipinski definition) is 5. The van der Waals surface area contributed by atoms with Crippen LogP contribution in [0.4, 0.5) is 0 Å². The van der Waals surface area contributed by atoms with Gasteiger partial charge in [0.15, 0.2) is 14.7 Å². The van der Waals surface area contributed by atoms with E-state index in [0.717, 1.165) is 0 Å². The van der Waals surface area contributed by atoms with Crippen LogP contribution in [0, 0.1) is 11.3 Å². The van der Waals surface area contributed by atoms with E-state index >= 15 is 0 Å². The van der Waals surface area contributed by atoms with E-state index in [1.165, 1.54) is 28.4 Å². The first-order valence-electron chi connectivity index (χ1n) is 9.26. The molecule has 0 aromatic rings. The van der Waals surface area contributed by atoms with Crippen LogP contribution < -0.4 is 0 Å². The summed E-state index contributed by atoms with van der Waals surface area (Å²) in [5.74, 6) is -1.61. The third kappa shape index (κ3) is 3.22. The molecule has 5 nitrogen and oxygen atoms in total. The summed E-state index contributed by atoms with van der Waals surface area (Å²) in [6, 6.07) is 0. The molecule has 2 aliphatic rings. The maximum atomic E-state index is 13.4. The first kappa shape index (κ1) is 22.6. The van der Waals surface area contributed by atoms with E-state index in [4.69, 9.17) is 4.43 Å². The van der Waals surface area contributed by atoms with Gasteiger partial charge in [-0.25, -0.2) is 4.79 Å². The number of hydrogen-bond donors (Lipinski definition) is 1. The maximum absolute atomic E-state index is 13.4. The Balaban J connectivity index is 2.66. The Kier molecular flexibility index (Phi) is 6.37. The molecule has 0 aromatic carbocycles. The average Bonchev–Trinajstić information content (AvgIpc) is 2.83. The lowest BCUT2D eigenvalue weighted by Gasteiger charge is -2.63. The molecular formula is C19H31NO4S2Si. The van der Waals surface area contributed by atoms with Crippen LogP contribution in [0.2, 0.25) is 13.1 Å². The second-order valence-corrected chi connectivity index (χ2v) is 13.1. The zero-order chi connectivity index (χ0) is 20.8. The Hall–Kier alpha value is -0.703. The predicted molar refractivity (Wildman–Crippen MR) is 116 cm³/mol. The highest BCUT2D eigenvalue weighted by atomic mass is 32.2. The molecule has 0 radical (unpaired) electrons. The summed E-state index contributed by atoms with van der Waals surface area (Å²) in [4.78, 5) is 26.2. The molecule has 1 N–H and O–H groups in total. The Labute approximate surface area is 172 Å². The monoisotopic (exact) mass is 429 g/mol. The average molecular weight is 430 g/mol. The van der Waals surface area contributed by atoms with Crippen LogP contribution in [-0.2, 0) is 14.0 Å². The van der Waals surface area contributed by atoms with Crippen molar-refractivity contribution in [3.8, 4) is 0 Å². The number of carboxylic acid groups (broad SMARTS) is 1. The van der Waals surface area contributed by atoms with Crippen LogP contribution in [0.1, 0.15) is 40.5 Å². The van der Waals surface area contributed by atoms with Gasteiger partial charge in [-0.3, -0.25) is 9.69 Å². The van der Waals surface area contributed by atoms with Gasteiger partial charge in [-0.05, 0) is 37.6 Å². The third-order valence-corrected chi connectivity index (χ3v) is 9.04. The van der Waals surface area contributed by atoms with Crippen LogP contribution in [0.15, 0.2) is 22.6 Å². The number of carbonyl (C=O) groups is 2. The van der Waals surface area contributed by atoms with Gasteiger partial charge in [0.1, 0.15) is 10.8 Å². The lowest BCUT2D eigenvalue weighted by molar-refractivity contribution is -0.191. The van der Waals surface area contributed by atoms with Crippen molar-refractivity contribution in [3.63, 3.8) is 0 Å². The smallest absolute Gasteiger partial charge is 0.354 e. The van der Waals surface area contributed by atoms with E-state index in [9.17, 15) is 14.7 Å². The van der Waals surface area contributed by atoms with E-state index in [-0.39, 0.29) is 17.0 Å². The number of rotatable bonds is 8. The van der Waals surface area contributed by atoms with Gasteiger partial charge in [0, 0.05) is 0 Å². The summed E-state index contributed by atoms with van der Waals surface area (Å²) < 4.78 is 7.32. The van der Waals surface area contributed by atoms with Crippen molar-refractivity contribution in [2.45, 2.75) is 64.1 Å². The number of thioether (sulfide) groups is 2. The molecule has 0 unspecified atom stereocenters. The zero-order valence-corrected chi connectivity index (χ0v) is 20.1. The summed E-state index contributed by atoms with van der Waals surface area (Å²) in [6.07, 6.45) is 4.86. The van der Waals surface area contributed by atoms with Crippen molar-refractivity contribution in [1.82, 2.24) is 4.90 Å². The molecule has 2 rings (SSSR count). The summed E-state index contributed by atoms with van der Waals surface area (Å²) in [5.41, 5.74) is -0.809. The van der Waals surface area contributed by atoms with Gasteiger partial charge in [0.2, 0.25) is 5.91 Å². The molecule has 0 bridgehead atoms. The second kappa shape index (κ2) is 7.61. The van der Waals surface area contributed by atoms with Gasteiger partial charge in [-0.1, -0.05) is 45.5 Å². The van der Waals surface area contributed by atoms with Crippen molar-refractivity contribution in [3.05, 3.63) is 22.6 Å². The number of carbonyl (C=O) groups excluding carboxylic acids is 1. The fourth-order valence-corrected chi connectivity index (χ4v) is 8.65. The highest BCUT2D eigenvalue weighted by Gasteiger charge is 2.73. The quantitative estimate of drug-likeness (QED) is 0.353. The largest absolute Gasteiger partial charge is 0.477 e. The molecule has 0 saturated carbocycles. The Bertz CT molecular complexity index is 688. The first-order chi connectivity index (χ1) is 12.4. The van der Waals surface area contributed by atoms with Crippen molar-refractivity contribution in [2.24, 2.45) is 11.3 Å². The van der Waals surface area contributed by atoms with E-state index < -0.39 is 31.4 Å². The molecule has 0 aliphatic carbocycles. The minimum absolute atomic E-state index is 0.108. The number of fused-ring (bicyclic) bond motifs is 1. The molecule has 152 valence electrons. The lowest BCUT2D eigenvalue weighted by atomic mass is 9.60. The standard InChI is InChI=1S/C19H31NO4S2Si/c1-9-11-19-13(18(10-2,17(3,4)5)24-27(7)8)14(21)20(19)12(15(22)23)16(25-6)26-19/h9,13,27H,1,10-11H2,2-8H3,(H,22,23)/t13-,18+,19+/m0/s1. The number of β-lactam (4-membered cyclic amide) rings is 1. The van der Waals surface area contributed by atoms with Crippen LogP contribution in [0.25, 0.3) is 0 Å². The Morgan fingerprint density at radius 1 is 1.48 bits per heavy atom. The Morgan fingerprint density at radius 2 is 2.07 bits per heavy atom. The summed E-state index contributed by atoms with van der Waals surface area (Å²) >= 11 is 2.88. The molecule has 0 aromatic heterocycles. The van der Waals surface area contributed by atoms with Crippen LogP contribution >= 0.6 is 23.5 Å². The number of carboxylic acids is 1. The van der Waals surface area contributed by atoms with Crippen LogP contribution in [0.5, 0.6) is 0 Å². The number of nitrogens with zero attached hydrogens (tertiary/aromatic N) is 1.